The summed E-state index contributed by atoms with van der Waals surface area (Å²) in [5.74, 6) is 0.720. The van der Waals surface area contributed by atoms with Gasteiger partial charge in [0.15, 0.2) is 12.7 Å². The number of benzene rings is 1. The molecule has 130 valence electrons. The first-order chi connectivity index (χ1) is 11.5. The van der Waals surface area contributed by atoms with Crippen LogP contribution in [0.3, 0.4) is 0 Å². The number of carbonyl (C=O) groups is 1. The van der Waals surface area contributed by atoms with Crippen LogP contribution in [0, 0.1) is 5.92 Å². The third-order valence-corrected chi connectivity index (χ3v) is 3.55. The van der Waals surface area contributed by atoms with E-state index in [0.29, 0.717) is 29.3 Å². The van der Waals surface area contributed by atoms with Crippen LogP contribution in [0.25, 0.3) is 11.5 Å². The molecule has 1 aromatic heterocycles. The minimum Gasteiger partial charge on any atom is -0.455 e. The maximum atomic E-state index is 11.9. The van der Waals surface area contributed by atoms with Crippen molar-refractivity contribution >= 4 is 17.6 Å². The molecule has 0 bridgehead atoms. The predicted molar refractivity (Wildman–Crippen MR) is 89.4 cm³/mol. The fraction of sp³-hybridized carbons (Fsp3) is 0.471. The van der Waals surface area contributed by atoms with E-state index in [-0.39, 0.29) is 6.61 Å². The molecule has 0 N–H and O–H groups in total. The Balaban J connectivity index is 1.82. The number of aromatic nitrogens is 2. The Morgan fingerprint density at radius 1 is 1.25 bits per heavy atom. The molecule has 2 rings (SSSR count). The van der Waals surface area contributed by atoms with Crippen LogP contribution in [0.1, 0.15) is 33.0 Å². The first-order valence-electron chi connectivity index (χ1n) is 7.82. The lowest BCUT2D eigenvalue weighted by Gasteiger charge is -2.12. The van der Waals surface area contributed by atoms with Crippen LogP contribution in [0.15, 0.2) is 28.8 Å². The van der Waals surface area contributed by atoms with E-state index in [1.807, 2.05) is 0 Å². The summed E-state index contributed by atoms with van der Waals surface area (Å²) in [6.07, 6.45) is 0.277. The highest BCUT2D eigenvalue weighted by atomic mass is 35.5. The van der Waals surface area contributed by atoms with Gasteiger partial charge in [-0.1, -0.05) is 30.6 Å². The predicted octanol–water partition coefficient (Wildman–Crippen LogP) is 3.88. The summed E-state index contributed by atoms with van der Waals surface area (Å²) in [6, 6.07) is 7.01. The standard InChI is InChI=1S/C17H21ClN2O4/c1-11(2)8-9-22-12(3)17(21)23-10-15-19-16(24-20-15)13-4-6-14(18)7-5-13/h4-7,11-12H,8-10H2,1-3H3. The maximum Gasteiger partial charge on any atom is 0.335 e. The van der Waals surface area contributed by atoms with Crippen molar-refractivity contribution in [2.75, 3.05) is 6.61 Å². The second-order valence-electron chi connectivity index (χ2n) is 5.83. The maximum absolute atomic E-state index is 11.9. The quantitative estimate of drug-likeness (QED) is 0.671. The van der Waals surface area contributed by atoms with Crippen molar-refractivity contribution in [1.29, 1.82) is 0 Å². The molecule has 0 spiro atoms. The highest BCUT2D eigenvalue weighted by Gasteiger charge is 2.17. The van der Waals surface area contributed by atoms with E-state index in [9.17, 15) is 4.79 Å². The van der Waals surface area contributed by atoms with Crippen molar-refractivity contribution in [3.8, 4) is 11.5 Å². The smallest absolute Gasteiger partial charge is 0.335 e. The molecule has 0 saturated heterocycles. The molecule has 1 atom stereocenters. The van der Waals surface area contributed by atoms with Gasteiger partial charge in [0.1, 0.15) is 0 Å². The van der Waals surface area contributed by atoms with Gasteiger partial charge < -0.3 is 14.0 Å². The van der Waals surface area contributed by atoms with E-state index < -0.39 is 12.1 Å². The van der Waals surface area contributed by atoms with Gasteiger partial charge in [0.2, 0.25) is 5.82 Å². The molecule has 0 amide bonds. The summed E-state index contributed by atoms with van der Waals surface area (Å²) < 4.78 is 15.7. The summed E-state index contributed by atoms with van der Waals surface area (Å²) in [5, 5.41) is 4.42. The van der Waals surface area contributed by atoms with Gasteiger partial charge >= 0.3 is 5.97 Å². The Bertz CT molecular complexity index is 655. The molecule has 0 aliphatic rings. The molecule has 0 aliphatic heterocycles. The molecule has 24 heavy (non-hydrogen) atoms. The highest BCUT2D eigenvalue weighted by molar-refractivity contribution is 6.30. The number of rotatable bonds is 8. The summed E-state index contributed by atoms with van der Waals surface area (Å²) >= 11 is 5.84. The molecule has 1 aromatic carbocycles. The van der Waals surface area contributed by atoms with Gasteiger partial charge in [-0.25, -0.2) is 4.79 Å². The fourth-order valence-corrected chi connectivity index (χ4v) is 1.95. The normalized spacial score (nSPS) is 12.4. The SMILES string of the molecule is CC(C)CCOC(C)C(=O)OCc1noc(-c2ccc(Cl)cc2)n1. The van der Waals surface area contributed by atoms with Crippen molar-refractivity contribution < 1.29 is 18.8 Å². The molecule has 0 fully saturated rings. The molecule has 1 unspecified atom stereocenters. The molecular weight excluding hydrogens is 332 g/mol. The van der Waals surface area contributed by atoms with Gasteiger partial charge in [-0.05, 0) is 43.5 Å². The summed E-state index contributed by atoms with van der Waals surface area (Å²) in [5.41, 5.74) is 0.745. The first-order valence-corrected chi connectivity index (χ1v) is 8.20. The minimum absolute atomic E-state index is 0.0617. The second kappa shape index (κ2) is 8.80. The summed E-state index contributed by atoms with van der Waals surface area (Å²) in [6.45, 7) is 6.32. The van der Waals surface area contributed by atoms with Gasteiger partial charge in [0, 0.05) is 17.2 Å². The van der Waals surface area contributed by atoms with Gasteiger partial charge in [-0.15, -0.1) is 0 Å². The van der Waals surface area contributed by atoms with Crippen LogP contribution in [-0.2, 0) is 20.9 Å². The zero-order valence-corrected chi connectivity index (χ0v) is 14.7. The van der Waals surface area contributed by atoms with E-state index >= 15 is 0 Å². The summed E-state index contributed by atoms with van der Waals surface area (Å²) in [4.78, 5) is 16.0. The Hall–Kier alpha value is -1.92. The summed E-state index contributed by atoms with van der Waals surface area (Å²) in [7, 11) is 0. The Morgan fingerprint density at radius 3 is 2.62 bits per heavy atom. The zero-order valence-electron chi connectivity index (χ0n) is 14.0. The molecule has 6 nitrogen and oxygen atoms in total. The van der Waals surface area contributed by atoms with E-state index in [0.717, 1.165) is 12.0 Å². The fourth-order valence-electron chi connectivity index (χ4n) is 1.82. The lowest BCUT2D eigenvalue weighted by atomic mass is 10.1. The average Bonchev–Trinajstić information content (AvgIpc) is 3.01. The number of hydrogen-bond donors (Lipinski definition) is 0. The lowest BCUT2D eigenvalue weighted by molar-refractivity contribution is -0.157. The van der Waals surface area contributed by atoms with Crippen LogP contribution < -0.4 is 0 Å². The number of nitrogens with zero attached hydrogens (tertiary/aromatic N) is 2. The topological polar surface area (TPSA) is 74.5 Å². The van der Waals surface area contributed by atoms with Crippen LogP contribution in [0.4, 0.5) is 0 Å². The van der Waals surface area contributed by atoms with Gasteiger partial charge in [0.05, 0.1) is 0 Å². The van der Waals surface area contributed by atoms with Crippen LogP contribution in [-0.4, -0.2) is 28.8 Å². The highest BCUT2D eigenvalue weighted by Crippen LogP contribution is 2.19. The first kappa shape index (κ1) is 18.4. The molecule has 0 aliphatic carbocycles. The van der Waals surface area contributed by atoms with Crippen LogP contribution in [0.5, 0.6) is 0 Å². The lowest BCUT2D eigenvalue weighted by Crippen LogP contribution is -2.24. The second-order valence-corrected chi connectivity index (χ2v) is 6.26. The van der Waals surface area contributed by atoms with Crippen molar-refractivity contribution in [2.45, 2.75) is 39.9 Å². The van der Waals surface area contributed by atoms with Crippen molar-refractivity contribution in [3.05, 3.63) is 35.1 Å². The molecule has 2 aromatic rings. The third-order valence-electron chi connectivity index (χ3n) is 3.30. The molecule has 0 radical (unpaired) electrons. The monoisotopic (exact) mass is 352 g/mol. The number of esters is 1. The van der Waals surface area contributed by atoms with E-state index in [4.69, 9.17) is 25.6 Å². The Labute approximate surface area is 146 Å². The number of ether oxygens (including phenoxy) is 2. The Kier molecular flexibility index (Phi) is 6.75. The molecule has 1 heterocycles. The molecular formula is C17H21ClN2O4. The van der Waals surface area contributed by atoms with Crippen molar-refractivity contribution in [2.24, 2.45) is 5.92 Å². The minimum atomic E-state index is -0.619. The van der Waals surface area contributed by atoms with Crippen LogP contribution >= 0.6 is 11.6 Å². The van der Waals surface area contributed by atoms with E-state index in [1.165, 1.54) is 0 Å². The van der Waals surface area contributed by atoms with E-state index in [2.05, 4.69) is 24.0 Å². The Morgan fingerprint density at radius 2 is 1.96 bits per heavy atom. The van der Waals surface area contributed by atoms with Gasteiger partial charge in [0.25, 0.3) is 5.89 Å². The van der Waals surface area contributed by atoms with Crippen molar-refractivity contribution in [1.82, 2.24) is 10.1 Å². The largest absolute Gasteiger partial charge is 0.455 e. The number of hydrogen-bond acceptors (Lipinski definition) is 6. The molecule has 0 saturated carbocycles. The third kappa shape index (κ3) is 5.62. The number of halogens is 1. The van der Waals surface area contributed by atoms with Gasteiger partial charge in [-0.3, -0.25) is 0 Å². The molecule has 7 heteroatoms. The van der Waals surface area contributed by atoms with Crippen LogP contribution in [0.2, 0.25) is 5.02 Å². The van der Waals surface area contributed by atoms with Gasteiger partial charge in [-0.2, -0.15) is 4.98 Å². The average molecular weight is 353 g/mol. The zero-order chi connectivity index (χ0) is 17.5. The van der Waals surface area contributed by atoms with E-state index in [1.54, 1.807) is 31.2 Å². The van der Waals surface area contributed by atoms with Crippen molar-refractivity contribution in [3.63, 3.8) is 0 Å². The number of carbonyl (C=O) groups excluding carboxylic acids is 1.